The van der Waals surface area contributed by atoms with Crippen molar-refractivity contribution in [2.75, 3.05) is 7.11 Å². The van der Waals surface area contributed by atoms with Gasteiger partial charge in [0, 0.05) is 0 Å². The quantitative estimate of drug-likeness (QED) is 0.364. The van der Waals surface area contributed by atoms with E-state index in [9.17, 15) is 0 Å². The Labute approximate surface area is 180 Å². The number of ether oxygens (including phenoxy) is 1. The molecular weight excluding hydrogens is 383 g/mol. The molecule has 0 amide bonds. The van der Waals surface area contributed by atoms with E-state index in [0.717, 1.165) is 11.9 Å². The summed E-state index contributed by atoms with van der Waals surface area (Å²) in [5.41, 5.74) is 3.75. The molecule has 4 aromatic carbocycles. The van der Waals surface area contributed by atoms with Crippen LogP contribution in [0, 0.1) is 13.8 Å². The molecule has 0 N–H and O–H groups in total. The zero-order chi connectivity index (χ0) is 21.0. The minimum atomic E-state index is -1.88. The zero-order valence-corrected chi connectivity index (χ0v) is 18.8. The van der Waals surface area contributed by atoms with Gasteiger partial charge >= 0.3 is 0 Å². The third kappa shape index (κ3) is 3.78. The molecule has 0 spiro atoms. The first-order valence-corrected chi connectivity index (χ1v) is 12.3. The van der Waals surface area contributed by atoms with Gasteiger partial charge in [-0.1, -0.05) is 54.6 Å². The van der Waals surface area contributed by atoms with Gasteiger partial charge in [-0.25, -0.2) is 0 Å². The van der Waals surface area contributed by atoms with E-state index in [1.54, 1.807) is 7.11 Å². The maximum Gasteiger partial charge on any atom is 0.124 e. The summed E-state index contributed by atoms with van der Waals surface area (Å²) in [6.45, 7) is 4.28. The minimum absolute atomic E-state index is 0.983. The first-order valence-electron chi connectivity index (χ1n) is 10.3. The second kappa shape index (κ2) is 8.86. The number of benzene rings is 4. The van der Waals surface area contributed by atoms with Crippen LogP contribution in [0.3, 0.4) is 0 Å². The summed E-state index contributed by atoms with van der Waals surface area (Å²) in [7, 11) is -0.125. The maximum atomic E-state index is 5.62. The van der Waals surface area contributed by atoms with Gasteiger partial charge in [-0.2, -0.15) is 0 Å². The fraction of sp³-hybridized carbons (Fsp3) is 0.143. The molecule has 4 rings (SSSR count). The summed E-state index contributed by atoms with van der Waals surface area (Å²) in [6.07, 6.45) is 0.983. The number of aryl methyl sites for hydroxylation is 2. The molecular formula is C28H28OP+. The third-order valence-electron chi connectivity index (χ3n) is 5.73. The Bertz CT molecular complexity index is 986. The molecule has 0 aliphatic heterocycles. The third-order valence-corrected chi connectivity index (χ3v) is 10.1. The average Bonchev–Trinajstić information content (AvgIpc) is 2.79. The number of hydrogen-bond acceptors (Lipinski definition) is 1. The molecule has 1 nitrogen and oxygen atoms in total. The van der Waals surface area contributed by atoms with Crippen LogP contribution in [0.4, 0.5) is 0 Å². The lowest BCUT2D eigenvalue weighted by Crippen LogP contribution is -2.32. The zero-order valence-electron chi connectivity index (χ0n) is 17.9. The van der Waals surface area contributed by atoms with Crippen molar-refractivity contribution in [3.05, 3.63) is 120 Å². The van der Waals surface area contributed by atoms with Crippen molar-refractivity contribution in [3.8, 4) is 5.75 Å². The Balaban J connectivity index is 1.98. The highest BCUT2D eigenvalue weighted by atomic mass is 31.2. The largest absolute Gasteiger partial charge is 0.496 e. The fourth-order valence-electron chi connectivity index (χ4n) is 4.50. The molecule has 0 atom stereocenters. The van der Waals surface area contributed by atoms with Gasteiger partial charge in [-0.15, -0.1) is 0 Å². The average molecular weight is 412 g/mol. The lowest BCUT2D eigenvalue weighted by atomic mass is 10.1. The van der Waals surface area contributed by atoms with E-state index in [2.05, 4.69) is 117 Å². The molecule has 0 fully saturated rings. The van der Waals surface area contributed by atoms with Crippen molar-refractivity contribution < 1.29 is 4.74 Å². The smallest absolute Gasteiger partial charge is 0.124 e. The molecule has 0 saturated heterocycles. The van der Waals surface area contributed by atoms with Crippen LogP contribution in [0.25, 0.3) is 0 Å². The van der Waals surface area contributed by atoms with E-state index in [0.29, 0.717) is 0 Å². The van der Waals surface area contributed by atoms with Crippen LogP contribution < -0.4 is 20.7 Å². The summed E-state index contributed by atoms with van der Waals surface area (Å²) in [5, 5.41) is 4.23. The molecule has 2 heteroatoms. The predicted octanol–water partition coefficient (Wildman–Crippen LogP) is 5.81. The molecule has 0 radical (unpaired) electrons. The summed E-state index contributed by atoms with van der Waals surface area (Å²) in [5.74, 6) is 0.988. The Morgan fingerprint density at radius 3 is 1.30 bits per heavy atom. The van der Waals surface area contributed by atoms with Crippen LogP contribution in [0.15, 0.2) is 103 Å². The maximum absolute atomic E-state index is 5.62. The number of hydrogen-bond donors (Lipinski definition) is 0. The Kier molecular flexibility index (Phi) is 6.02. The van der Waals surface area contributed by atoms with Gasteiger partial charge in [0.25, 0.3) is 0 Å². The molecule has 0 aliphatic rings. The molecule has 30 heavy (non-hydrogen) atoms. The van der Waals surface area contributed by atoms with E-state index in [4.69, 9.17) is 4.74 Å². The van der Waals surface area contributed by atoms with Crippen molar-refractivity contribution in [1.29, 1.82) is 0 Å². The first kappa shape index (κ1) is 20.4. The molecule has 0 bridgehead atoms. The molecule has 0 aromatic heterocycles. The second-order valence-electron chi connectivity index (χ2n) is 7.74. The van der Waals surface area contributed by atoms with Gasteiger partial charge in [0.05, 0.1) is 13.3 Å². The van der Waals surface area contributed by atoms with Crippen LogP contribution in [-0.2, 0) is 6.16 Å². The summed E-state index contributed by atoms with van der Waals surface area (Å²) in [4.78, 5) is 0. The molecule has 0 heterocycles. The van der Waals surface area contributed by atoms with E-state index in [1.807, 2.05) is 0 Å². The standard InChI is InChI=1S/C28H28OP/c1-22-19-24(20-23(2)28(22)29-3)21-30(25-13-7-4-8-14-25,26-15-9-5-10-16-26)27-17-11-6-12-18-27/h4-20H,21H2,1-3H3/q+1. The van der Waals surface area contributed by atoms with Crippen LogP contribution in [0.5, 0.6) is 5.75 Å². The Hall–Kier alpha value is -2.89. The monoisotopic (exact) mass is 411 g/mol. The number of rotatable bonds is 6. The molecule has 4 aromatic rings. The second-order valence-corrected chi connectivity index (χ2v) is 11.2. The number of methoxy groups -OCH3 is 1. The summed E-state index contributed by atoms with van der Waals surface area (Å²) >= 11 is 0. The Morgan fingerprint density at radius 2 is 0.967 bits per heavy atom. The van der Waals surface area contributed by atoms with Gasteiger partial charge in [-0.05, 0) is 79.1 Å². The SMILES string of the molecule is COc1c(C)cc(C[P+](c2ccccc2)(c2ccccc2)c2ccccc2)cc1C. The first-order chi connectivity index (χ1) is 14.6. The van der Waals surface area contributed by atoms with E-state index in [1.165, 1.54) is 32.6 Å². The molecule has 0 unspecified atom stereocenters. The van der Waals surface area contributed by atoms with Crippen LogP contribution >= 0.6 is 7.26 Å². The highest BCUT2D eigenvalue weighted by molar-refractivity contribution is 7.95. The van der Waals surface area contributed by atoms with E-state index < -0.39 is 7.26 Å². The van der Waals surface area contributed by atoms with Crippen LogP contribution in [0.2, 0.25) is 0 Å². The van der Waals surface area contributed by atoms with Gasteiger partial charge < -0.3 is 4.74 Å². The fourth-order valence-corrected chi connectivity index (χ4v) is 8.71. The van der Waals surface area contributed by atoms with Crippen LogP contribution in [0.1, 0.15) is 16.7 Å². The lowest BCUT2D eigenvalue weighted by Gasteiger charge is -2.28. The van der Waals surface area contributed by atoms with Gasteiger partial charge in [0.2, 0.25) is 0 Å². The summed E-state index contributed by atoms with van der Waals surface area (Å²) in [6, 6.07) is 37.7. The van der Waals surface area contributed by atoms with Crippen molar-refractivity contribution in [2.45, 2.75) is 20.0 Å². The predicted molar refractivity (Wildman–Crippen MR) is 131 cm³/mol. The van der Waals surface area contributed by atoms with Gasteiger partial charge in [-0.3, -0.25) is 0 Å². The minimum Gasteiger partial charge on any atom is -0.496 e. The van der Waals surface area contributed by atoms with Crippen LogP contribution in [-0.4, -0.2) is 7.11 Å². The van der Waals surface area contributed by atoms with Gasteiger partial charge in [0.1, 0.15) is 28.9 Å². The highest BCUT2D eigenvalue weighted by Crippen LogP contribution is 2.58. The van der Waals surface area contributed by atoms with Gasteiger partial charge in [0.15, 0.2) is 0 Å². The molecule has 0 aliphatic carbocycles. The van der Waals surface area contributed by atoms with Crippen molar-refractivity contribution in [2.24, 2.45) is 0 Å². The van der Waals surface area contributed by atoms with Crippen molar-refractivity contribution in [1.82, 2.24) is 0 Å². The van der Waals surface area contributed by atoms with Crippen molar-refractivity contribution >= 4 is 23.2 Å². The highest BCUT2D eigenvalue weighted by Gasteiger charge is 2.45. The normalized spacial score (nSPS) is 11.3. The Morgan fingerprint density at radius 1 is 0.600 bits per heavy atom. The lowest BCUT2D eigenvalue weighted by molar-refractivity contribution is 0.408. The van der Waals surface area contributed by atoms with E-state index >= 15 is 0 Å². The topological polar surface area (TPSA) is 9.23 Å². The molecule has 150 valence electrons. The van der Waals surface area contributed by atoms with Crippen molar-refractivity contribution in [3.63, 3.8) is 0 Å². The summed E-state index contributed by atoms with van der Waals surface area (Å²) < 4.78 is 5.62. The van der Waals surface area contributed by atoms with E-state index in [-0.39, 0.29) is 0 Å². The molecule has 0 saturated carbocycles.